The predicted octanol–water partition coefficient (Wildman–Crippen LogP) is 3.55. The smallest absolute Gasteiger partial charge is 0.261 e. The number of benzene rings is 2. The summed E-state index contributed by atoms with van der Waals surface area (Å²) in [6.45, 7) is 3.14. The Morgan fingerprint density at radius 3 is 2.88 bits per heavy atom. The number of carbonyl (C=O) groups is 1. The minimum absolute atomic E-state index is 0.0580. The molecule has 1 N–H and O–H groups in total. The molecule has 6 heteroatoms. The molecular weight excluding hydrogens is 354 g/mol. The Labute approximate surface area is 157 Å². The van der Waals surface area contributed by atoms with Crippen molar-refractivity contribution in [3.05, 3.63) is 58.1 Å². The Morgan fingerprint density at radius 1 is 1.35 bits per heavy atom. The second-order valence-electron chi connectivity index (χ2n) is 6.81. The molecule has 2 atom stereocenters. The standard InChI is InChI=1S/C20H20ClNO4/c1-12-7-16-17(19(23)18(12)21)20(24)22-9-15(8-14(22)11-26-16)25-10-13-5-3-2-4-6-13/h2-7,14-15,23H,8-11H2,1H3/t14-,15+/m1/s1. The molecule has 5 nitrogen and oxygen atoms in total. The van der Waals surface area contributed by atoms with Crippen LogP contribution in [-0.2, 0) is 11.3 Å². The maximum atomic E-state index is 13.0. The van der Waals surface area contributed by atoms with Gasteiger partial charge in [-0.3, -0.25) is 4.79 Å². The van der Waals surface area contributed by atoms with Gasteiger partial charge in [-0.1, -0.05) is 41.9 Å². The van der Waals surface area contributed by atoms with Crippen LogP contribution in [0.25, 0.3) is 0 Å². The number of carbonyl (C=O) groups excluding carboxylic acids is 1. The zero-order valence-corrected chi connectivity index (χ0v) is 15.2. The fourth-order valence-electron chi connectivity index (χ4n) is 3.58. The summed E-state index contributed by atoms with van der Waals surface area (Å²) < 4.78 is 11.8. The van der Waals surface area contributed by atoms with Crippen LogP contribution in [0.2, 0.25) is 5.02 Å². The lowest BCUT2D eigenvalue weighted by molar-refractivity contribution is 0.0436. The highest BCUT2D eigenvalue weighted by Gasteiger charge is 2.41. The summed E-state index contributed by atoms with van der Waals surface area (Å²) in [7, 11) is 0. The third-order valence-electron chi connectivity index (χ3n) is 5.00. The average molecular weight is 374 g/mol. The van der Waals surface area contributed by atoms with Gasteiger partial charge in [-0.2, -0.15) is 0 Å². The maximum absolute atomic E-state index is 13.0. The van der Waals surface area contributed by atoms with E-state index in [2.05, 4.69) is 0 Å². The lowest BCUT2D eigenvalue weighted by atomic mass is 10.1. The van der Waals surface area contributed by atoms with Crippen molar-refractivity contribution in [3.8, 4) is 11.5 Å². The molecule has 1 saturated heterocycles. The molecule has 26 heavy (non-hydrogen) atoms. The van der Waals surface area contributed by atoms with Gasteiger partial charge in [-0.05, 0) is 30.5 Å². The van der Waals surface area contributed by atoms with E-state index in [9.17, 15) is 9.90 Å². The molecule has 1 amide bonds. The van der Waals surface area contributed by atoms with Crippen molar-refractivity contribution >= 4 is 17.5 Å². The summed E-state index contributed by atoms with van der Waals surface area (Å²) in [5, 5.41) is 10.6. The second-order valence-corrected chi connectivity index (χ2v) is 7.18. The summed E-state index contributed by atoms with van der Waals surface area (Å²) in [6, 6.07) is 11.6. The van der Waals surface area contributed by atoms with Crippen molar-refractivity contribution in [2.24, 2.45) is 0 Å². The third-order valence-corrected chi connectivity index (χ3v) is 5.47. The molecule has 1 fully saturated rings. The summed E-state index contributed by atoms with van der Waals surface area (Å²) in [5.74, 6) is -0.0702. The normalized spacial score (nSPS) is 21.8. The molecular formula is C20H20ClNO4. The quantitative estimate of drug-likeness (QED) is 0.893. The highest BCUT2D eigenvalue weighted by molar-refractivity contribution is 6.33. The van der Waals surface area contributed by atoms with E-state index in [1.54, 1.807) is 17.9 Å². The van der Waals surface area contributed by atoms with Gasteiger partial charge >= 0.3 is 0 Å². The number of aryl methyl sites for hydroxylation is 1. The number of rotatable bonds is 3. The zero-order chi connectivity index (χ0) is 18.3. The number of halogens is 1. The van der Waals surface area contributed by atoms with Gasteiger partial charge in [-0.25, -0.2) is 0 Å². The van der Waals surface area contributed by atoms with Crippen molar-refractivity contribution in [2.75, 3.05) is 13.2 Å². The van der Waals surface area contributed by atoms with Crippen molar-refractivity contribution in [2.45, 2.75) is 32.1 Å². The molecule has 0 bridgehead atoms. The molecule has 2 aromatic carbocycles. The van der Waals surface area contributed by atoms with Crippen LogP contribution in [0.1, 0.15) is 27.9 Å². The number of aromatic hydroxyl groups is 1. The van der Waals surface area contributed by atoms with Crippen LogP contribution >= 0.6 is 11.6 Å². The average Bonchev–Trinajstić information content (AvgIpc) is 3.01. The largest absolute Gasteiger partial charge is 0.505 e. The molecule has 4 rings (SSSR count). The molecule has 2 aliphatic heterocycles. The Hall–Kier alpha value is -2.24. The highest BCUT2D eigenvalue weighted by Crippen LogP contribution is 2.41. The van der Waals surface area contributed by atoms with E-state index in [4.69, 9.17) is 21.1 Å². The monoisotopic (exact) mass is 373 g/mol. The van der Waals surface area contributed by atoms with Crippen LogP contribution in [0.5, 0.6) is 11.5 Å². The van der Waals surface area contributed by atoms with E-state index in [1.807, 2.05) is 30.3 Å². The fraction of sp³-hybridized carbons (Fsp3) is 0.350. The number of phenolic OH excluding ortho intramolecular Hbond substituents is 1. The molecule has 0 saturated carbocycles. The SMILES string of the molecule is Cc1cc2c(c(O)c1Cl)C(=O)N1C[C@@H](OCc3ccccc3)C[C@@H]1CO2. The number of amides is 1. The Balaban J connectivity index is 1.52. The van der Waals surface area contributed by atoms with Gasteiger partial charge in [0, 0.05) is 6.54 Å². The summed E-state index contributed by atoms with van der Waals surface area (Å²) in [5.41, 5.74) is 1.93. The first-order valence-corrected chi connectivity index (χ1v) is 9.03. The molecule has 0 aromatic heterocycles. The third kappa shape index (κ3) is 3.02. The number of nitrogens with zero attached hydrogens (tertiary/aromatic N) is 1. The lowest BCUT2D eigenvalue weighted by Gasteiger charge is -2.20. The van der Waals surface area contributed by atoms with Crippen LogP contribution in [-0.4, -0.2) is 41.2 Å². The number of fused-ring (bicyclic) bond motifs is 2. The van der Waals surface area contributed by atoms with E-state index in [0.29, 0.717) is 37.5 Å². The summed E-state index contributed by atoms with van der Waals surface area (Å²) in [4.78, 5) is 14.7. The van der Waals surface area contributed by atoms with Gasteiger partial charge in [-0.15, -0.1) is 0 Å². The summed E-state index contributed by atoms with van der Waals surface area (Å²) >= 11 is 6.12. The summed E-state index contributed by atoms with van der Waals surface area (Å²) in [6.07, 6.45) is 0.650. The van der Waals surface area contributed by atoms with Crippen molar-refractivity contribution < 1.29 is 19.4 Å². The molecule has 0 radical (unpaired) electrons. The molecule has 136 valence electrons. The van der Waals surface area contributed by atoms with Crippen LogP contribution in [0.15, 0.2) is 36.4 Å². The fourth-order valence-corrected chi connectivity index (χ4v) is 3.73. The molecule has 2 aliphatic rings. The minimum atomic E-state index is -0.257. The molecule has 0 unspecified atom stereocenters. The van der Waals surface area contributed by atoms with E-state index in [1.165, 1.54) is 0 Å². The Kier molecular flexibility index (Phi) is 4.51. The van der Waals surface area contributed by atoms with E-state index >= 15 is 0 Å². The van der Waals surface area contributed by atoms with Gasteiger partial charge in [0.2, 0.25) is 0 Å². The molecule has 0 aliphatic carbocycles. The minimum Gasteiger partial charge on any atom is -0.505 e. The highest BCUT2D eigenvalue weighted by atomic mass is 35.5. The molecule has 2 heterocycles. The molecule has 2 aromatic rings. The van der Waals surface area contributed by atoms with Crippen LogP contribution in [0.3, 0.4) is 0 Å². The zero-order valence-electron chi connectivity index (χ0n) is 14.4. The Morgan fingerprint density at radius 2 is 2.12 bits per heavy atom. The first kappa shape index (κ1) is 17.2. The van der Waals surface area contributed by atoms with Crippen LogP contribution in [0.4, 0.5) is 0 Å². The number of ether oxygens (including phenoxy) is 2. The van der Waals surface area contributed by atoms with Gasteiger partial charge in [0.1, 0.15) is 17.9 Å². The second kappa shape index (κ2) is 6.82. The topological polar surface area (TPSA) is 59.0 Å². The van der Waals surface area contributed by atoms with Crippen LogP contribution < -0.4 is 4.74 Å². The first-order valence-electron chi connectivity index (χ1n) is 8.66. The lowest BCUT2D eigenvalue weighted by Crippen LogP contribution is -2.37. The predicted molar refractivity (Wildman–Crippen MR) is 97.8 cm³/mol. The number of hydrogen-bond donors (Lipinski definition) is 1. The van der Waals surface area contributed by atoms with Crippen molar-refractivity contribution in [1.29, 1.82) is 0 Å². The van der Waals surface area contributed by atoms with Crippen molar-refractivity contribution in [1.82, 2.24) is 4.90 Å². The maximum Gasteiger partial charge on any atom is 0.261 e. The Bertz CT molecular complexity index is 839. The van der Waals surface area contributed by atoms with Gasteiger partial charge in [0.05, 0.1) is 23.8 Å². The van der Waals surface area contributed by atoms with Gasteiger partial charge < -0.3 is 19.5 Å². The van der Waals surface area contributed by atoms with Crippen LogP contribution in [0, 0.1) is 6.92 Å². The van der Waals surface area contributed by atoms with Gasteiger partial charge in [0.15, 0.2) is 5.75 Å². The van der Waals surface area contributed by atoms with E-state index in [0.717, 1.165) is 5.56 Å². The molecule has 0 spiro atoms. The van der Waals surface area contributed by atoms with Crippen molar-refractivity contribution in [3.63, 3.8) is 0 Å². The van der Waals surface area contributed by atoms with Gasteiger partial charge in [0.25, 0.3) is 5.91 Å². The van der Waals surface area contributed by atoms with E-state index in [-0.39, 0.29) is 34.4 Å². The number of phenols is 1. The van der Waals surface area contributed by atoms with E-state index < -0.39 is 0 Å². The first-order chi connectivity index (χ1) is 12.5. The number of hydrogen-bond acceptors (Lipinski definition) is 4.